The number of ether oxygens (including phenoxy) is 1. The molecule has 106 valence electrons. The molecule has 1 aliphatic heterocycles. The molecule has 2 unspecified atom stereocenters. The standard InChI is InChI=1S/C16H26N2O/c1-4-18(15-8-6-10-17-12-15)13(2)14-7-5-9-16(11-14)19-3/h5,7,9,11,13,15,17H,4,6,8,10,12H2,1-3H3. The summed E-state index contributed by atoms with van der Waals surface area (Å²) in [5.41, 5.74) is 1.34. The molecule has 0 spiro atoms. The lowest BCUT2D eigenvalue weighted by Gasteiger charge is -2.38. The lowest BCUT2D eigenvalue weighted by Crippen LogP contribution is -2.46. The van der Waals surface area contributed by atoms with Gasteiger partial charge in [0.15, 0.2) is 0 Å². The summed E-state index contributed by atoms with van der Waals surface area (Å²) in [6, 6.07) is 9.53. The van der Waals surface area contributed by atoms with Crippen molar-refractivity contribution in [1.29, 1.82) is 0 Å². The minimum atomic E-state index is 0.435. The number of nitrogens with one attached hydrogen (secondary N) is 1. The molecule has 1 N–H and O–H groups in total. The Morgan fingerprint density at radius 2 is 2.32 bits per heavy atom. The predicted molar refractivity (Wildman–Crippen MR) is 79.7 cm³/mol. The number of nitrogens with zero attached hydrogens (tertiary/aromatic N) is 1. The number of rotatable bonds is 5. The molecule has 0 bridgehead atoms. The van der Waals surface area contributed by atoms with Crippen LogP contribution in [-0.4, -0.2) is 37.7 Å². The Bertz CT molecular complexity index is 388. The predicted octanol–water partition coefficient (Wildman–Crippen LogP) is 2.83. The van der Waals surface area contributed by atoms with Gasteiger partial charge in [0.2, 0.25) is 0 Å². The van der Waals surface area contributed by atoms with E-state index < -0.39 is 0 Å². The molecule has 0 radical (unpaired) electrons. The van der Waals surface area contributed by atoms with Crippen molar-refractivity contribution in [2.75, 3.05) is 26.7 Å². The Balaban J connectivity index is 2.12. The zero-order chi connectivity index (χ0) is 13.7. The quantitative estimate of drug-likeness (QED) is 0.883. The van der Waals surface area contributed by atoms with Gasteiger partial charge in [-0.1, -0.05) is 19.1 Å². The van der Waals surface area contributed by atoms with Gasteiger partial charge < -0.3 is 10.1 Å². The van der Waals surface area contributed by atoms with E-state index in [1.54, 1.807) is 7.11 Å². The molecule has 1 aromatic carbocycles. The van der Waals surface area contributed by atoms with E-state index in [-0.39, 0.29) is 0 Å². The van der Waals surface area contributed by atoms with Crippen LogP contribution in [-0.2, 0) is 0 Å². The van der Waals surface area contributed by atoms with E-state index in [1.165, 1.54) is 24.9 Å². The van der Waals surface area contributed by atoms with Crippen LogP contribution < -0.4 is 10.1 Å². The first-order chi connectivity index (χ1) is 9.26. The zero-order valence-corrected chi connectivity index (χ0v) is 12.4. The van der Waals surface area contributed by atoms with Crippen LogP contribution in [0, 0.1) is 0 Å². The molecule has 0 aliphatic carbocycles. The largest absolute Gasteiger partial charge is 0.497 e. The molecule has 1 saturated heterocycles. The molecule has 1 fully saturated rings. The van der Waals surface area contributed by atoms with Crippen LogP contribution in [0.5, 0.6) is 5.75 Å². The molecule has 1 aliphatic rings. The number of likely N-dealkylation sites (N-methyl/N-ethyl adjacent to an activating group) is 1. The Kier molecular flexibility index (Phi) is 5.23. The van der Waals surface area contributed by atoms with E-state index in [0.29, 0.717) is 12.1 Å². The van der Waals surface area contributed by atoms with Crippen LogP contribution in [0.25, 0.3) is 0 Å². The van der Waals surface area contributed by atoms with Gasteiger partial charge in [0.25, 0.3) is 0 Å². The van der Waals surface area contributed by atoms with Gasteiger partial charge in [-0.25, -0.2) is 0 Å². The van der Waals surface area contributed by atoms with Crippen molar-refractivity contribution in [1.82, 2.24) is 10.2 Å². The summed E-state index contributed by atoms with van der Waals surface area (Å²) in [6.45, 7) is 7.92. The van der Waals surface area contributed by atoms with E-state index in [1.807, 2.05) is 6.07 Å². The number of methoxy groups -OCH3 is 1. The summed E-state index contributed by atoms with van der Waals surface area (Å²) < 4.78 is 5.33. The Labute approximate surface area is 116 Å². The minimum absolute atomic E-state index is 0.435. The molecule has 3 heteroatoms. The van der Waals surface area contributed by atoms with Gasteiger partial charge in [0.1, 0.15) is 5.75 Å². The molecule has 0 amide bonds. The monoisotopic (exact) mass is 262 g/mol. The first-order valence-electron chi connectivity index (χ1n) is 7.36. The molecule has 3 nitrogen and oxygen atoms in total. The van der Waals surface area contributed by atoms with E-state index in [2.05, 4.69) is 42.3 Å². The van der Waals surface area contributed by atoms with Crippen molar-refractivity contribution in [2.45, 2.75) is 38.8 Å². The maximum atomic E-state index is 5.33. The fourth-order valence-electron chi connectivity index (χ4n) is 3.06. The second-order valence-corrected chi connectivity index (χ2v) is 5.28. The second-order valence-electron chi connectivity index (χ2n) is 5.28. The van der Waals surface area contributed by atoms with Crippen LogP contribution in [0.1, 0.15) is 38.3 Å². The van der Waals surface area contributed by atoms with Crippen LogP contribution in [0.2, 0.25) is 0 Å². The maximum absolute atomic E-state index is 5.33. The van der Waals surface area contributed by atoms with Gasteiger partial charge in [-0.05, 0) is 50.6 Å². The van der Waals surface area contributed by atoms with Crippen molar-refractivity contribution in [3.05, 3.63) is 29.8 Å². The van der Waals surface area contributed by atoms with Crippen LogP contribution in [0.15, 0.2) is 24.3 Å². The van der Waals surface area contributed by atoms with Gasteiger partial charge >= 0.3 is 0 Å². The van der Waals surface area contributed by atoms with Gasteiger partial charge in [0.05, 0.1) is 7.11 Å². The molecule has 2 atom stereocenters. The van der Waals surface area contributed by atoms with Gasteiger partial charge in [0, 0.05) is 18.6 Å². The molecule has 1 aromatic rings. The van der Waals surface area contributed by atoms with Gasteiger partial charge in [-0.15, -0.1) is 0 Å². The highest BCUT2D eigenvalue weighted by Gasteiger charge is 2.24. The lowest BCUT2D eigenvalue weighted by molar-refractivity contribution is 0.128. The van der Waals surface area contributed by atoms with Gasteiger partial charge in [-0.2, -0.15) is 0 Å². The summed E-state index contributed by atoms with van der Waals surface area (Å²) >= 11 is 0. The second kappa shape index (κ2) is 6.92. The Morgan fingerprint density at radius 1 is 1.47 bits per heavy atom. The van der Waals surface area contributed by atoms with Crippen molar-refractivity contribution in [3.8, 4) is 5.75 Å². The first kappa shape index (κ1) is 14.4. The number of hydrogen-bond donors (Lipinski definition) is 1. The third-order valence-electron chi connectivity index (χ3n) is 4.18. The number of benzene rings is 1. The van der Waals surface area contributed by atoms with E-state index in [0.717, 1.165) is 18.8 Å². The molecule has 0 saturated carbocycles. The summed E-state index contributed by atoms with van der Waals surface area (Å²) in [6.07, 6.45) is 2.58. The van der Waals surface area contributed by atoms with Crippen molar-refractivity contribution < 1.29 is 4.74 Å². The fourth-order valence-corrected chi connectivity index (χ4v) is 3.06. The number of hydrogen-bond acceptors (Lipinski definition) is 3. The highest BCUT2D eigenvalue weighted by Crippen LogP contribution is 2.27. The number of piperidine rings is 1. The topological polar surface area (TPSA) is 24.5 Å². The Morgan fingerprint density at radius 3 is 2.95 bits per heavy atom. The summed E-state index contributed by atoms with van der Waals surface area (Å²) in [7, 11) is 1.73. The fraction of sp³-hybridized carbons (Fsp3) is 0.625. The molecule has 2 rings (SSSR count). The first-order valence-corrected chi connectivity index (χ1v) is 7.36. The average Bonchev–Trinajstić information content (AvgIpc) is 2.49. The third kappa shape index (κ3) is 3.48. The smallest absolute Gasteiger partial charge is 0.119 e. The average molecular weight is 262 g/mol. The highest BCUT2D eigenvalue weighted by atomic mass is 16.5. The van der Waals surface area contributed by atoms with Crippen LogP contribution in [0.3, 0.4) is 0 Å². The van der Waals surface area contributed by atoms with Crippen LogP contribution >= 0.6 is 0 Å². The minimum Gasteiger partial charge on any atom is -0.497 e. The Hall–Kier alpha value is -1.06. The van der Waals surface area contributed by atoms with E-state index >= 15 is 0 Å². The maximum Gasteiger partial charge on any atom is 0.119 e. The van der Waals surface area contributed by atoms with Crippen molar-refractivity contribution >= 4 is 0 Å². The summed E-state index contributed by atoms with van der Waals surface area (Å²) in [4.78, 5) is 2.60. The molecule has 0 aromatic heterocycles. The van der Waals surface area contributed by atoms with E-state index in [4.69, 9.17) is 4.74 Å². The summed E-state index contributed by atoms with van der Waals surface area (Å²) in [5.74, 6) is 0.946. The van der Waals surface area contributed by atoms with Crippen molar-refractivity contribution in [2.24, 2.45) is 0 Å². The van der Waals surface area contributed by atoms with Crippen molar-refractivity contribution in [3.63, 3.8) is 0 Å². The SMILES string of the molecule is CCN(C1CCCNC1)C(C)c1cccc(OC)c1. The third-order valence-corrected chi connectivity index (χ3v) is 4.18. The zero-order valence-electron chi connectivity index (χ0n) is 12.4. The molecular formula is C16H26N2O. The lowest BCUT2D eigenvalue weighted by atomic mass is 10.00. The normalized spacial score (nSPS) is 21.4. The van der Waals surface area contributed by atoms with Crippen LogP contribution in [0.4, 0.5) is 0 Å². The molecule has 1 heterocycles. The summed E-state index contributed by atoms with van der Waals surface area (Å²) in [5, 5.41) is 3.51. The molecular weight excluding hydrogens is 236 g/mol. The molecule has 19 heavy (non-hydrogen) atoms. The van der Waals surface area contributed by atoms with E-state index in [9.17, 15) is 0 Å². The van der Waals surface area contributed by atoms with Gasteiger partial charge in [-0.3, -0.25) is 4.90 Å². The highest BCUT2D eigenvalue weighted by molar-refractivity contribution is 5.30.